The van der Waals surface area contributed by atoms with Crippen molar-refractivity contribution in [2.45, 2.75) is 109 Å². The minimum atomic E-state index is 0.0296. The maximum Gasteiger partial charge on any atom is 0.133 e. The molecule has 2 saturated heterocycles. The Kier molecular flexibility index (Phi) is 5.63. The number of fused-ring (bicyclic) bond motifs is 6. The first-order valence-electron chi connectivity index (χ1n) is 14.2. The second-order valence-electron chi connectivity index (χ2n) is 13.1. The molecule has 6 rings (SSSR count). The van der Waals surface area contributed by atoms with Gasteiger partial charge in [-0.2, -0.15) is 0 Å². The van der Waals surface area contributed by atoms with Gasteiger partial charge in [-0.3, -0.25) is 9.69 Å². The molecule has 2 unspecified atom stereocenters. The first-order valence-corrected chi connectivity index (χ1v) is 14.2. The molecule has 0 amide bonds. The van der Waals surface area contributed by atoms with E-state index < -0.39 is 0 Å². The first kappa shape index (κ1) is 22.7. The van der Waals surface area contributed by atoms with Gasteiger partial charge in [0, 0.05) is 37.9 Å². The molecule has 4 nitrogen and oxygen atoms in total. The first-order chi connectivity index (χ1) is 15.9. The predicted octanol–water partition coefficient (Wildman–Crippen LogP) is 5.11. The third-order valence-corrected chi connectivity index (χ3v) is 11.8. The molecule has 2 heterocycles. The number of nitrogens with zero attached hydrogens (tertiary/aromatic N) is 1. The molecule has 0 aromatic carbocycles. The maximum absolute atomic E-state index is 12.2. The van der Waals surface area contributed by atoms with Crippen LogP contribution in [0.3, 0.4) is 0 Å². The SMILES string of the molecule is CC1=C2C[C@H]3C(CC[C@@H]4CC(=O)CC[C@@]43C)[C@@H]2CCC2(C1)O[C@@H]1CCCN(CCN)[C@H]1[C@H]2C. The standard InChI is InChI=1S/C29H46N2O2/c1-18-17-29(19(2)27-26(33-29)5-4-13-31(27)14-12-30)11-9-22-23-7-6-20-15-21(32)8-10-28(20,3)25(23)16-24(18)22/h19-20,22-23,25-27H,4-17,30H2,1-3H3/t19-,20-,22+,23?,25+,26-,27+,28+,29?/m1/s1. The van der Waals surface area contributed by atoms with E-state index in [1.807, 2.05) is 5.57 Å². The number of hydrogen-bond donors (Lipinski definition) is 1. The lowest BCUT2D eigenvalue weighted by molar-refractivity contribution is -0.129. The number of ether oxygens (including phenoxy) is 1. The molecule has 4 aliphatic carbocycles. The molecule has 6 aliphatic rings. The number of carbonyl (C=O) groups excluding carboxylic acids is 1. The Morgan fingerprint density at radius 2 is 2.00 bits per heavy atom. The summed E-state index contributed by atoms with van der Waals surface area (Å²) in [6.45, 7) is 10.5. The number of piperidine rings is 1. The second kappa shape index (κ2) is 8.17. The van der Waals surface area contributed by atoms with Gasteiger partial charge in [0.2, 0.25) is 0 Å². The lowest BCUT2D eigenvalue weighted by atomic mass is 9.52. The summed E-state index contributed by atoms with van der Waals surface area (Å²) in [4.78, 5) is 14.9. The zero-order valence-corrected chi connectivity index (χ0v) is 21.3. The van der Waals surface area contributed by atoms with E-state index in [0.717, 1.165) is 56.5 Å². The van der Waals surface area contributed by atoms with Crippen LogP contribution >= 0.6 is 0 Å². The highest BCUT2D eigenvalue weighted by atomic mass is 16.5. The van der Waals surface area contributed by atoms with E-state index >= 15 is 0 Å². The molecule has 0 aromatic rings. The third-order valence-electron chi connectivity index (χ3n) is 11.8. The molecule has 184 valence electrons. The fraction of sp³-hybridized carbons (Fsp3) is 0.897. The fourth-order valence-electron chi connectivity index (χ4n) is 10.1. The van der Waals surface area contributed by atoms with Gasteiger partial charge in [0.25, 0.3) is 0 Å². The van der Waals surface area contributed by atoms with E-state index in [1.165, 1.54) is 51.5 Å². The molecule has 2 N–H and O–H groups in total. The molecule has 33 heavy (non-hydrogen) atoms. The molecule has 0 bridgehead atoms. The molecule has 5 fully saturated rings. The van der Waals surface area contributed by atoms with Gasteiger partial charge >= 0.3 is 0 Å². The molecule has 2 aliphatic heterocycles. The van der Waals surface area contributed by atoms with Gasteiger partial charge in [-0.1, -0.05) is 25.0 Å². The summed E-state index contributed by atoms with van der Waals surface area (Å²) in [5.41, 5.74) is 9.88. The quantitative estimate of drug-likeness (QED) is 0.590. The average Bonchev–Trinajstić information content (AvgIpc) is 3.26. The van der Waals surface area contributed by atoms with Crippen molar-refractivity contribution in [1.29, 1.82) is 0 Å². The molecule has 1 spiro atoms. The van der Waals surface area contributed by atoms with E-state index in [4.69, 9.17) is 10.5 Å². The monoisotopic (exact) mass is 454 g/mol. The summed E-state index contributed by atoms with van der Waals surface area (Å²) in [5, 5.41) is 0. The largest absolute Gasteiger partial charge is 0.369 e. The van der Waals surface area contributed by atoms with Crippen LogP contribution in [0.15, 0.2) is 11.1 Å². The van der Waals surface area contributed by atoms with Crippen LogP contribution in [0.4, 0.5) is 0 Å². The molecule has 3 saturated carbocycles. The van der Waals surface area contributed by atoms with Gasteiger partial charge in [0.1, 0.15) is 5.78 Å². The minimum Gasteiger partial charge on any atom is -0.369 e. The Bertz CT molecular complexity index is 835. The summed E-state index contributed by atoms with van der Waals surface area (Å²) in [6.07, 6.45) is 13.3. The van der Waals surface area contributed by atoms with Crippen LogP contribution < -0.4 is 5.73 Å². The molecular weight excluding hydrogens is 408 g/mol. The molecular formula is C29H46N2O2. The van der Waals surface area contributed by atoms with Crippen molar-refractivity contribution in [1.82, 2.24) is 4.90 Å². The predicted molar refractivity (Wildman–Crippen MR) is 132 cm³/mol. The van der Waals surface area contributed by atoms with E-state index in [1.54, 1.807) is 5.57 Å². The number of likely N-dealkylation sites (tertiary alicyclic amines) is 1. The van der Waals surface area contributed by atoms with Gasteiger partial charge in [-0.15, -0.1) is 0 Å². The average molecular weight is 455 g/mol. The zero-order chi connectivity index (χ0) is 23.0. The van der Waals surface area contributed by atoms with Gasteiger partial charge in [0.05, 0.1) is 11.7 Å². The Hall–Kier alpha value is -0.710. The Morgan fingerprint density at radius 3 is 2.82 bits per heavy atom. The highest BCUT2D eigenvalue weighted by Gasteiger charge is 2.59. The summed E-state index contributed by atoms with van der Waals surface area (Å²) in [6, 6.07) is 0.555. The van der Waals surface area contributed by atoms with Gasteiger partial charge < -0.3 is 10.5 Å². The third kappa shape index (κ3) is 3.37. The van der Waals surface area contributed by atoms with Crippen molar-refractivity contribution in [3.05, 3.63) is 11.1 Å². The number of hydrogen-bond acceptors (Lipinski definition) is 4. The fourth-order valence-corrected chi connectivity index (χ4v) is 10.1. The maximum atomic E-state index is 12.2. The summed E-state index contributed by atoms with van der Waals surface area (Å²) in [5.74, 6) is 4.16. The summed E-state index contributed by atoms with van der Waals surface area (Å²) >= 11 is 0. The molecule has 4 heteroatoms. The highest BCUT2D eigenvalue weighted by Crippen LogP contribution is 2.65. The number of ketones is 1. The van der Waals surface area contributed by atoms with Crippen molar-refractivity contribution in [3.8, 4) is 0 Å². The Balaban J connectivity index is 1.27. The van der Waals surface area contributed by atoms with Gasteiger partial charge in [-0.05, 0) is 100 Å². The van der Waals surface area contributed by atoms with E-state index in [-0.39, 0.29) is 5.60 Å². The van der Waals surface area contributed by atoms with Crippen molar-refractivity contribution in [3.63, 3.8) is 0 Å². The lowest BCUT2D eigenvalue weighted by Crippen LogP contribution is -2.51. The van der Waals surface area contributed by atoms with Crippen LogP contribution in [-0.4, -0.2) is 48.1 Å². The second-order valence-corrected chi connectivity index (χ2v) is 13.1. The number of nitrogens with two attached hydrogens (primary N) is 1. The lowest BCUT2D eigenvalue weighted by Gasteiger charge is -2.52. The van der Waals surface area contributed by atoms with Crippen molar-refractivity contribution < 1.29 is 9.53 Å². The molecule has 9 atom stereocenters. The van der Waals surface area contributed by atoms with E-state index in [0.29, 0.717) is 35.2 Å². The van der Waals surface area contributed by atoms with Crippen molar-refractivity contribution >= 4 is 5.78 Å². The number of carbonyl (C=O) groups is 1. The van der Waals surface area contributed by atoms with Crippen LogP contribution in [0, 0.1) is 35.0 Å². The van der Waals surface area contributed by atoms with Gasteiger partial charge in [0.15, 0.2) is 0 Å². The number of rotatable bonds is 2. The van der Waals surface area contributed by atoms with Crippen molar-refractivity contribution in [2.75, 3.05) is 19.6 Å². The van der Waals surface area contributed by atoms with Crippen LogP contribution in [0.2, 0.25) is 0 Å². The number of allylic oxidation sites excluding steroid dienone is 1. The Labute approximate surface area is 201 Å². The smallest absolute Gasteiger partial charge is 0.133 e. The van der Waals surface area contributed by atoms with Crippen LogP contribution in [-0.2, 0) is 9.53 Å². The summed E-state index contributed by atoms with van der Waals surface area (Å²) < 4.78 is 7.10. The van der Waals surface area contributed by atoms with E-state index in [2.05, 4.69) is 25.7 Å². The normalized spacial score (nSPS) is 50.1. The Morgan fingerprint density at radius 1 is 1.15 bits per heavy atom. The van der Waals surface area contributed by atoms with E-state index in [9.17, 15) is 4.79 Å². The molecule has 0 radical (unpaired) electrons. The number of Topliss-reactive ketones (excluding diaryl/α,β-unsaturated/α-hetero) is 1. The highest BCUT2D eigenvalue weighted by molar-refractivity contribution is 5.79. The van der Waals surface area contributed by atoms with Crippen molar-refractivity contribution in [2.24, 2.45) is 40.7 Å². The van der Waals surface area contributed by atoms with Crippen LogP contribution in [0.5, 0.6) is 0 Å². The van der Waals surface area contributed by atoms with Crippen LogP contribution in [0.25, 0.3) is 0 Å². The zero-order valence-electron chi connectivity index (χ0n) is 21.3. The topological polar surface area (TPSA) is 55.6 Å². The summed E-state index contributed by atoms with van der Waals surface area (Å²) in [7, 11) is 0. The molecule has 0 aromatic heterocycles. The minimum absolute atomic E-state index is 0.0296. The van der Waals surface area contributed by atoms with Crippen LogP contribution in [0.1, 0.15) is 91.4 Å². The van der Waals surface area contributed by atoms with Gasteiger partial charge in [-0.25, -0.2) is 0 Å².